The second-order valence-electron chi connectivity index (χ2n) is 8.36. The topological polar surface area (TPSA) is 29.9 Å². The molecule has 0 saturated heterocycles. The average Bonchev–Trinajstić information content (AvgIpc) is 3.28. The number of furan rings is 1. The van der Waals surface area contributed by atoms with E-state index in [1.807, 2.05) is 53.4 Å². The van der Waals surface area contributed by atoms with Gasteiger partial charge in [0, 0.05) is 22.4 Å². The molecule has 0 saturated carbocycles. The van der Waals surface area contributed by atoms with Crippen LogP contribution in [0.5, 0.6) is 0 Å². The fourth-order valence-electron chi connectivity index (χ4n) is 4.64. The highest BCUT2D eigenvalue weighted by Crippen LogP contribution is 2.37. The first-order valence-electron chi connectivity index (χ1n) is 11.1. The smallest absolute Gasteiger partial charge is 0.175 e. The van der Waals surface area contributed by atoms with Crippen LogP contribution in [0.1, 0.15) is 23.7 Å². The van der Waals surface area contributed by atoms with Crippen molar-refractivity contribution in [3.05, 3.63) is 139 Å². The molecule has 3 heterocycles. The Balaban J connectivity index is 1.57. The SMILES string of the molecule is CC(c1[c-][n+](-c2cccc3c2oc2ccccc23)ccc1)(c1ccccc1)c1ccccn1. The van der Waals surface area contributed by atoms with Crippen LogP contribution in [0.2, 0.25) is 0 Å². The maximum Gasteiger partial charge on any atom is 0.175 e. The van der Waals surface area contributed by atoms with Crippen molar-refractivity contribution in [2.75, 3.05) is 0 Å². The second-order valence-corrected chi connectivity index (χ2v) is 8.36. The molecule has 3 aromatic heterocycles. The molecular formula is C30H22N2O. The maximum absolute atomic E-state index is 6.28. The van der Waals surface area contributed by atoms with Crippen molar-refractivity contribution in [1.29, 1.82) is 0 Å². The molecule has 0 spiro atoms. The number of para-hydroxylation sites is 2. The van der Waals surface area contributed by atoms with Crippen LogP contribution in [-0.4, -0.2) is 4.98 Å². The molecule has 3 aromatic carbocycles. The summed E-state index contributed by atoms with van der Waals surface area (Å²) in [6, 6.07) is 35.2. The van der Waals surface area contributed by atoms with Crippen LogP contribution >= 0.6 is 0 Å². The standard InChI is InChI=1S/C30H22N2O/c1-30(22-11-3-2-4-12-22,28-18-7-8-19-31-28)23-13-10-20-32(21-23)26-16-9-15-25-24-14-5-6-17-27(24)33-29(25)26/h2-20H,1H3. The van der Waals surface area contributed by atoms with Gasteiger partial charge in [-0.3, -0.25) is 9.55 Å². The lowest BCUT2D eigenvalue weighted by Gasteiger charge is -2.31. The number of aromatic nitrogens is 2. The summed E-state index contributed by atoms with van der Waals surface area (Å²) in [4.78, 5) is 4.74. The molecule has 3 nitrogen and oxygen atoms in total. The zero-order valence-corrected chi connectivity index (χ0v) is 18.3. The number of fused-ring (bicyclic) bond motifs is 3. The third kappa shape index (κ3) is 3.13. The molecule has 0 radical (unpaired) electrons. The van der Waals surface area contributed by atoms with Crippen molar-refractivity contribution in [3.63, 3.8) is 0 Å². The number of hydrogen-bond acceptors (Lipinski definition) is 2. The summed E-state index contributed by atoms with van der Waals surface area (Å²) in [7, 11) is 0. The van der Waals surface area contributed by atoms with E-state index in [1.54, 1.807) is 0 Å². The van der Waals surface area contributed by atoms with Crippen molar-refractivity contribution in [2.24, 2.45) is 0 Å². The van der Waals surface area contributed by atoms with Gasteiger partial charge in [-0.2, -0.15) is 0 Å². The number of benzene rings is 3. The third-order valence-corrected chi connectivity index (χ3v) is 6.45. The molecule has 0 bridgehead atoms. The molecule has 6 rings (SSSR count). The van der Waals surface area contributed by atoms with E-state index in [-0.39, 0.29) is 0 Å². The predicted molar refractivity (Wildman–Crippen MR) is 130 cm³/mol. The first kappa shape index (κ1) is 19.4. The van der Waals surface area contributed by atoms with Gasteiger partial charge < -0.3 is 4.42 Å². The minimum atomic E-state index is -0.465. The minimum absolute atomic E-state index is 0.465. The van der Waals surface area contributed by atoms with Crippen LogP contribution in [-0.2, 0) is 5.41 Å². The Bertz CT molecular complexity index is 1530. The van der Waals surface area contributed by atoms with Crippen LogP contribution in [0, 0.1) is 6.20 Å². The lowest BCUT2D eigenvalue weighted by Crippen LogP contribution is -2.35. The van der Waals surface area contributed by atoms with Gasteiger partial charge in [-0.1, -0.05) is 72.8 Å². The van der Waals surface area contributed by atoms with Crippen LogP contribution in [0.4, 0.5) is 0 Å². The molecule has 0 aliphatic heterocycles. The third-order valence-electron chi connectivity index (χ3n) is 6.45. The summed E-state index contributed by atoms with van der Waals surface area (Å²) < 4.78 is 8.31. The van der Waals surface area contributed by atoms with Gasteiger partial charge in [0.15, 0.2) is 17.5 Å². The second kappa shape index (κ2) is 7.72. The Morgan fingerprint density at radius 2 is 1.55 bits per heavy atom. The Labute approximate surface area is 192 Å². The van der Waals surface area contributed by atoms with Crippen LogP contribution < -0.4 is 4.57 Å². The zero-order chi connectivity index (χ0) is 22.3. The van der Waals surface area contributed by atoms with Gasteiger partial charge >= 0.3 is 0 Å². The van der Waals surface area contributed by atoms with Gasteiger partial charge in [-0.15, -0.1) is 6.07 Å². The summed E-state index contributed by atoms with van der Waals surface area (Å²) in [5, 5.41) is 2.22. The van der Waals surface area contributed by atoms with Gasteiger partial charge in [0.25, 0.3) is 0 Å². The molecule has 6 aromatic rings. The molecule has 0 amide bonds. The summed E-state index contributed by atoms with van der Waals surface area (Å²) in [5.41, 5.74) is 5.42. The van der Waals surface area contributed by atoms with Crippen molar-refractivity contribution in [2.45, 2.75) is 12.3 Å². The van der Waals surface area contributed by atoms with Crippen LogP contribution in [0.15, 0.2) is 120 Å². The summed E-state index contributed by atoms with van der Waals surface area (Å²) in [6.07, 6.45) is 7.52. The molecule has 158 valence electrons. The monoisotopic (exact) mass is 426 g/mol. The van der Waals surface area contributed by atoms with Crippen molar-refractivity contribution >= 4 is 21.9 Å². The fourth-order valence-corrected chi connectivity index (χ4v) is 4.64. The molecule has 0 fully saturated rings. The van der Waals surface area contributed by atoms with Gasteiger partial charge in [0.2, 0.25) is 0 Å². The van der Waals surface area contributed by atoms with E-state index >= 15 is 0 Å². The normalized spacial score (nSPS) is 13.2. The summed E-state index contributed by atoms with van der Waals surface area (Å²) in [5.74, 6) is 0. The quantitative estimate of drug-likeness (QED) is 0.241. The highest BCUT2D eigenvalue weighted by molar-refractivity contribution is 6.06. The summed E-state index contributed by atoms with van der Waals surface area (Å²) >= 11 is 0. The molecule has 1 atom stereocenters. The molecule has 1 unspecified atom stereocenters. The zero-order valence-electron chi connectivity index (χ0n) is 18.3. The van der Waals surface area contributed by atoms with Gasteiger partial charge in [-0.05, 0) is 42.3 Å². The number of pyridine rings is 2. The van der Waals surface area contributed by atoms with E-state index in [0.717, 1.165) is 38.9 Å². The molecular weight excluding hydrogens is 404 g/mol. The molecule has 33 heavy (non-hydrogen) atoms. The van der Waals surface area contributed by atoms with Crippen molar-refractivity contribution in [3.8, 4) is 5.69 Å². The largest absolute Gasteiger partial charge is 0.459 e. The summed E-state index contributed by atoms with van der Waals surface area (Å²) in [6.45, 7) is 2.21. The van der Waals surface area contributed by atoms with Gasteiger partial charge in [-0.25, -0.2) is 0 Å². The maximum atomic E-state index is 6.28. The first-order valence-corrected chi connectivity index (χ1v) is 11.1. The van der Waals surface area contributed by atoms with Crippen LogP contribution in [0.25, 0.3) is 27.6 Å². The van der Waals surface area contributed by atoms with Crippen LogP contribution in [0.3, 0.4) is 0 Å². The van der Waals surface area contributed by atoms with Gasteiger partial charge in [0.1, 0.15) is 5.58 Å². The van der Waals surface area contributed by atoms with E-state index in [1.165, 1.54) is 5.56 Å². The predicted octanol–water partition coefficient (Wildman–Crippen LogP) is 6.41. The number of rotatable bonds is 4. The lowest BCUT2D eigenvalue weighted by molar-refractivity contribution is -0.599. The van der Waals surface area contributed by atoms with E-state index in [0.29, 0.717) is 0 Å². The van der Waals surface area contributed by atoms with E-state index in [2.05, 4.69) is 79.9 Å². The van der Waals surface area contributed by atoms with E-state index < -0.39 is 5.41 Å². The fraction of sp³-hybridized carbons (Fsp3) is 0.0667. The highest BCUT2D eigenvalue weighted by atomic mass is 16.3. The van der Waals surface area contributed by atoms with E-state index in [4.69, 9.17) is 9.40 Å². The molecule has 0 aliphatic carbocycles. The van der Waals surface area contributed by atoms with Gasteiger partial charge in [0.05, 0.1) is 11.9 Å². The Kier molecular flexibility index (Phi) is 4.55. The number of nitrogens with zero attached hydrogens (tertiary/aromatic N) is 2. The molecule has 3 heteroatoms. The lowest BCUT2D eigenvalue weighted by atomic mass is 9.74. The number of hydrogen-bond donors (Lipinski definition) is 0. The van der Waals surface area contributed by atoms with Crippen molar-refractivity contribution in [1.82, 2.24) is 4.98 Å². The highest BCUT2D eigenvalue weighted by Gasteiger charge is 2.32. The van der Waals surface area contributed by atoms with Crippen molar-refractivity contribution < 1.29 is 8.98 Å². The minimum Gasteiger partial charge on any atom is -0.459 e. The molecule has 0 N–H and O–H groups in total. The Hall–Kier alpha value is -4.24. The Morgan fingerprint density at radius 1 is 0.758 bits per heavy atom. The first-order chi connectivity index (χ1) is 16.2. The molecule has 0 aliphatic rings. The Morgan fingerprint density at radius 3 is 2.39 bits per heavy atom. The van der Waals surface area contributed by atoms with E-state index in [9.17, 15) is 0 Å². The average molecular weight is 427 g/mol.